The monoisotopic (exact) mass is 396 g/mol. The molecule has 1 amide bonds. The van der Waals surface area contributed by atoms with Gasteiger partial charge in [0, 0.05) is 57.4 Å². The van der Waals surface area contributed by atoms with Crippen LogP contribution < -0.4 is 4.90 Å². The molecule has 0 atom stereocenters. The van der Waals surface area contributed by atoms with Crippen molar-refractivity contribution in [2.45, 2.75) is 38.3 Å². The van der Waals surface area contributed by atoms with Crippen molar-refractivity contribution in [2.24, 2.45) is 0 Å². The van der Waals surface area contributed by atoms with Gasteiger partial charge in [0.2, 0.25) is 5.91 Å². The highest BCUT2D eigenvalue weighted by Gasteiger charge is 2.50. The van der Waals surface area contributed by atoms with E-state index in [1.807, 2.05) is 13.0 Å². The Morgan fingerprint density at radius 1 is 1.10 bits per heavy atom. The highest BCUT2D eigenvalue weighted by Crippen LogP contribution is 2.43. The lowest BCUT2D eigenvalue weighted by atomic mass is 10.1. The van der Waals surface area contributed by atoms with Crippen LogP contribution in [0.25, 0.3) is 0 Å². The third-order valence-corrected chi connectivity index (χ3v) is 6.17. The predicted octanol–water partition coefficient (Wildman–Crippen LogP) is 3.31. The van der Waals surface area contributed by atoms with Crippen molar-refractivity contribution in [3.63, 3.8) is 0 Å². The lowest BCUT2D eigenvalue weighted by Gasteiger charge is -2.41. The van der Waals surface area contributed by atoms with Gasteiger partial charge in [-0.1, -0.05) is 37.3 Å². The highest BCUT2D eigenvalue weighted by molar-refractivity contribution is 5.92. The summed E-state index contributed by atoms with van der Waals surface area (Å²) >= 11 is 0. The van der Waals surface area contributed by atoms with E-state index in [-0.39, 0.29) is 17.3 Å². The molecule has 2 fully saturated rings. The molecule has 2 aliphatic rings. The van der Waals surface area contributed by atoms with Crippen LogP contribution in [0.2, 0.25) is 0 Å². The normalized spacial score (nSPS) is 19.1. The molecule has 1 aromatic carbocycles. The van der Waals surface area contributed by atoms with Gasteiger partial charge in [-0.3, -0.25) is 19.5 Å². The van der Waals surface area contributed by atoms with E-state index in [0.29, 0.717) is 13.0 Å². The van der Waals surface area contributed by atoms with Crippen LogP contribution in [-0.4, -0.2) is 59.0 Å². The number of benzene rings is 1. The van der Waals surface area contributed by atoms with Crippen molar-refractivity contribution in [3.8, 4) is 0 Å². The molecule has 0 unspecified atom stereocenters. The minimum atomic E-state index is -0.433. The lowest BCUT2D eigenvalue weighted by molar-refractivity contribution is -0.118. The van der Waals surface area contributed by atoms with Crippen LogP contribution in [0.4, 0.5) is 10.2 Å². The molecule has 0 bridgehead atoms. The fraction of sp³-hybridized carbons (Fsp3) is 0.478. The van der Waals surface area contributed by atoms with Gasteiger partial charge in [-0.2, -0.15) is 0 Å². The van der Waals surface area contributed by atoms with Gasteiger partial charge >= 0.3 is 0 Å². The second kappa shape index (κ2) is 8.59. The molecule has 1 aliphatic heterocycles. The summed E-state index contributed by atoms with van der Waals surface area (Å²) in [6.07, 6.45) is 3.99. The van der Waals surface area contributed by atoms with Gasteiger partial charge < -0.3 is 0 Å². The molecule has 0 spiro atoms. The van der Waals surface area contributed by atoms with Gasteiger partial charge in [0.15, 0.2) is 11.6 Å². The standard InChI is InChI=1S/C23H29FN4O/c1-2-21(29)28(22-20(24)9-6-12-25-22)18-23(10-11-23)27-15-13-26(14-16-27)17-19-7-4-3-5-8-19/h3-9,12H,2,10-11,13-18H2,1H3. The molecule has 2 aromatic rings. The summed E-state index contributed by atoms with van der Waals surface area (Å²) < 4.78 is 14.4. The molecule has 154 valence electrons. The second-order valence-electron chi connectivity index (χ2n) is 8.12. The minimum absolute atomic E-state index is 0.0341. The first-order chi connectivity index (χ1) is 14.1. The molecule has 0 radical (unpaired) electrons. The first kappa shape index (κ1) is 20.0. The fourth-order valence-corrected chi connectivity index (χ4v) is 4.28. The van der Waals surface area contributed by atoms with Crippen molar-refractivity contribution in [1.82, 2.24) is 14.8 Å². The van der Waals surface area contributed by atoms with Crippen LogP contribution in [0.15, 0.2) is 48.7 Å². The van der Waals surface area contributed by atoms with Gasteiger partial charge in [0.1, 0.15) is 0 Å². The molecular weight excluding hydrogens is 367 g/mol. The summed E-state index contributed by atoms with van der Waals surface area (Å²) in [7, 11) is 0. The van der Waals surface area contributed by atoms with Gasteiger partial charge in [-0.05, 0) is 30.5 Å². The van der Waals surface area contributed by atoms with Crippen molar-refractivity contribution < 1.29 is 9.18 Å². The first-order valence-electron chi connectivity index (χ1n) is 10.5. The Hall–Kier alpha value is -2.31. The summed E-state index contributed by atoms with van der Waals surface area (Å²) in [4.78, 5) is 23.3. The molecule has 0 N–H and O–H groups in total. The maximum Gasteiger partial charge on any atom is 0.228 e. The minimum Gasteiger partial charge on any atom is -0.297 e. The summed E-state index contributed by atoms with van der Waals surface area (Å²) in [5, 5.41) is 0. The topological polar surface area (TPSA) is 39.7 Å². The van der Waals surface area contributed by atoms with Crippen LogP contribution >= 0.6 is 0 Å². The molecule has 1 saturated carbocycles. The van der Waals surface area contributed by atoms with Gasteiger partial charge in [-0.25, -0.2) is 9.37 Å². The van der Waals surface area contributed by atoms with Gasteiger partial charge in [-0.15, -0.1) is 0 Å². The van der Waals surface area contributed by atoms with E-state index in [1.165, 1.54) is 11.6 Å². The number of piperazine rings is 1. The summed E-state index contributed by atoms with van der Waals surface area (Å²) in [5.74, 6) is -0.345. The van der Waals surface area contributed by atoms with E-state index in [2.05, 4.69) is 39.0 Å². The van der Waals surface area contributed by atoms with Gasteiger partial charge in [0.05, 0.1) is 0 Å². The lowest BCUT2D eigenvalue weighted by Crippen LogP contribution is -2.55. The zero-order valence-electron chi connectivity index (χ0n) is 17.1. The van der Waals surface area contributed by atoms with E-state index < -0.39 is 5.82 Å². The fourth-order valence-electron chi connectivity index (χ4n) is 4.28. The number of halogens is 1. The molecule has 2 heterocycles. The largest absolute Gasteiger partial charge is 0.297 e. The quantitative estimate of drug-likeness (QED) is 0.720. The Bertz CT molecular complexity index is 832. The zero-order valence-corrected chi connectivity index (χ0v) is 17.1. The predicted molar refractivity (Wildman–Crippen MR) is 112 cm³/mol. The summed E-state index contributed by atoms with van der Waals surface area (Å²) in [6, 6.07) is 13.5. The number of carbonyl (C=O) groups excluding carboxylic acids is 1. The average molecular weight is 397 g/mol. The van der Waals surface area contributed by atoms with E-state index in [9.17, 15) is 9.18 Å². The number of nitrogens with zero attached hydrogens (tertiary/aromatic N) is 4. The Balaban J connectivity index is 1.41. The summed E-state index contributed by atoms with van der Waals surface area (Å²) in [5.41, 5.74) is 1.31. The molecule has 6 heteroatoms. The van der Waals surface area contributed by atoms with E-state index in [0.717, 1.165) is 45.6 Å². The molecule has 1 aromatic heterocycles. The maximum absolute atomic E-state index is 14.4. The second-order valence-corrected chi connectivity index (χ2v) is 8.12. The van der Waals surface area contributed by atoms with Crippen molar-refractivity contribution in [2.75, 3.05) is 37.6 Å². The van der Waals surface area contributed by atoms with Crippen LogP contribution in [0.1, 0.15) is 31.7 Å². The number of rotatable bonds is 7. The van der Waals surface area contributed by atoms with Crippen LogP contribution in [0.3, 0.4) is 0 Å². The third kappa shape index (κ3) is 4.49. The van der Waals surface area contributed by atoms with Crippen molar-refractivity contribution in [1.29, 1.82) is 0 Å². The first-order valence-corrected chi connectivity index (χ1v) is 10.5. The Morgan fingerprint density at radius 3 is 2.45 bits per heavy atom. The van der Waals surface area contributed by atoms with Crippen molar-refractivity contribution in [3.05, 3.63) is 60.0 Å². The number of pyridine rings is 1. The maximum atomic E-state index is 14.4. The molecule has 29 heavy (non-hydrogen) atoms. The third-order valence-electron chi connectivity index (χ3n) is 6.17. The molecule has 1 aliphatic carbocycles. The SMILES string of the molecule is CCC(=O)N(CC1(N2CCN(Cc3ccccc3)CC2)CC1)c1ncccc1F. The smallest absolute Gasteiger partial charge is 0.228 e. The molecule has 4 rings (SSSR count). The number of hydrogen-bond donors (Lipinski definition) is 0. The zero-order chi connectivity index (χ0) is 20.3. The molecule has 5 nitrogen and oxygen atoms in total. The van der Waals surface area contributed by atoms with Crippen LogP contribution in [0.5, 0.6) is 0 Å². The Kier molecular flexibility index (Phi) is 5.92. The number of amides is 1. The van der Waals surface area contributed by atoms with E-state index >= 15 is 0 Å². The van der Waals surface area contributed by atoms with E-state index in [4.69, 9.17) is 0 Å². The Labute approximate surface area is 172 Å². The molecule has 1 saturated heterocycles. The number of anilines is 1. The van der Waals surface area contributed by atoms with Crippen LogP contribution in [-0.2, 0) is 11.3 Å². The highest BCUT2D eigenvalue weighted by atomic mass is 19.1. The van der Waals surface area contributed by atoms with Gasteiger partial charge in [0.25, 0.3) is 0 Å². The average Bonchev–Trinajstić information content (AvgIpc) is 3.54. The van der Waals surface area contributed by atoms with Crippen LogP contribution in [0, 0.1) is 5.82 Å². The molecular formula is C23H29FN4O. The number of hydrogen-bond acceptors (Lipinski definition) is 4. The number of carbonyl (C=O) groups is 1. The Morgan fingerprint density at radius 2 is 1.83 bits per heavy atom. The van der Waals surface area contributed by atoms with Crippen molar-refractivity contribution >= 4 is 11.7 Å². The number of aromatic nitrogens is 1. The van der Waals surface area contributed by atoms with E-state index in [1.54, 1.807) is 17.2 Å². The summed E-state index contributed by atoms with van der Waals surface area (Å²) in [6.45, 7) is 7.29.